The van der Waals surface area contributed by atoms with Crippen molar-refractivity contribution in [3.05, 3.63) is 11.7 Å². The molecule has 0 bridgehead atoms. The van der Waals surface area contributed by atoms with E-state index in [2.05, 4.69) is 15.0 Å². The van der Waals surface area contributed by atoms with Gasteiger partial charge in [0, 0.05) is 6.54 Å². The van der Waals surface area contributed by atoms with Gasteiger partial charge in [0.1, 0.15) is 0 Å². The minimum atomic E-state index is -0.698. The molecule has 1 atom stereocenters. The van der Waals surface area contributed by atoms with Crippen molar-refractivity contribution in [3.63, 3.8) is 0 Å². The molecule has 0 radical (unpaired) electrons. The van der Waals surface area contributed by atoms with Gasteiger partial charge >= 0.3 is 5.97 Å². The lowest BCUT2D eigenvalue weighted by atomic mass is 9.77. The van der Waals surface area contributed by atoms with Crippen molar-refractivity contribution >= 4 is 5.97 Å². The van der Waals surface area contributed by atoms with Gasteiger partial charge in [0.05, 0.1) is 12.0 Å². The Morgan fingerprint density at radius 3 is 2.94 bits per heavy atom. The highest BCUT2D eigenvalue weighted by molar-refractivity contribution is 5.75. The number of hydrogen-bond donors (Lipinski definition) is 1. The first-order valence-electron chi connectivity index (χ1n) is 6.31. The summed E-state index contributed by atoms with van der Waals surface area (Å²) in [5.41, 5.74) is -0.618. The number of piperidine rings is 1. The summed E-state index contributed by atoms with van der Waals surface area (Å²) < 4.78 is 5.08. The molecule has 18 heavy (non-hydrogen) atoms. The summed E-state index contributed by atoms with van der Waals surface area (Å²) >= 11 is 0. The number of hydrogen-bond acceptors (Lipinski definition) is 5. The summed E-state index contributed by atoms with van der Waals surface area (Å²) in [5, 5.41) is 13.1. The second-order valence-electron chi connectivity index (χ2n) is 4.99. The average molecular weight is 253 g/mol. The van der Waals surface area contributed by atoms with Gasteiger partial charge in [-0.15, -0.1) is 0 Å². The highest BCUT2D eigenvalue weighted by atomic mass is 16.5. The lowest BCUT2D eigenvalue weighted by Crippen LogP contribution is -2.47. The maximum Gasteiger partial charge on any atom is 0.310 e. The molecule has 0 spiro atoms. The number of carboxylic acids is 1. The number of aromatic nitrogens is 2. The van der Waals surface area contributed by atoms with E-state index in [1.54, 1.807) is 6.92 Å². The van der Waals surface area contributed by atoms with E-state index in [0.717, 1.165) is 19.4 Å². The molecule has 100 valence electrons. The average Bonchev–Trinajstić information content (AvgIpc) is 2.74. The molecule has 0 aromatic carbocycles. The van der Waals surface area contributed by atoms with Crippen LogP contribution >= 0.6 is 0 Å². The summed E-state index contributed by atoms with van der Waals surface area (Å²) in [5.74, 6) is 0.475. The van der Waals surface area contributed by atoms with Crippen LogP contribution in [0.2, 0.25) is 0 Å². The number of aryl methyl sites for hydroxylation is 1. The number of carboxylic acid groups (broad SMARTS) is 1. The van der Waals surface area contributed by atoms with Gasteiger partial charge in [-0.25, -0.2) is 0 Å². The van der Waals surface area contributed by atoms with E-state index in [0.29, 0.717) is 31.2 Å². The zero-order chi connectivity index (χ0) is 13.2. The number of nitrogens with zero attached hydrogens (tertiary/aromatic N) is 3. The van der Waals surface area contributed by atoms with E-state index >= 15 is 0 Å². The fourth-order valence-electron chi connectivity index (χ4n) is 2.57. The Morgan fingerprint density at radius 2 is 2.39 bits per heavy atom. The third kappa shape index (κ3) is 2.53. The molecule has 0 aliphatic carbocycles. The summed E-state index contributed by atoms with van der Waals surface area (Å²) in [6.45, 7) is 5.69. The molecule has 1 aliphatic rings. The van der Waals surface area contributed by atoms with Crippen LogP contribution in [0.3, 0.4) is 0 Å². The minimum absolute atomic E-state index is 0.538. The van der Waals surface area contributed by atoms with Gasteiger partial charge < -0.3 is 9.63 Å². The zero-order valence-corrected chi connectivity index (χ0v) is 10.8. The van der Waals surface area contributed by atoms with Crippen LogP contribution in [0.4, 0.5) is 0 Å². The van der Waals surface area contributed by atoms with Gasteiger partial charge in [0.25, 0.3) is 0 Å². The second kappa shape index (κ2) is 5.06. The molecule has 1 N–H and O–H groups in total. The van der Waals surface area contributed by atoms with Crippen molar-refractivity contribution in [2.45, 2.75) is 39.7 Å². The van der Waals surface area contributed by atoms with E-state index in [1.807, 2.05) is 6.92 Å². The van der Waals surface area contributed by atoms with Crippen molar-refractivity contribution in [3.8, 4) is 0 Å². The molecule has 0 saturated carbocycles. The first-order valence-corrected chi connectivity index (χ1v) is 6.31. The Morgan fingerprint density at radius 1 is 1.61 bits per heavy atom. The molecule has 1 saturated heterocycles. The first kappa shape index (κ1) is 13.0. The third-order valence-electron chi connectivity index (χ3n) is 3.71. The fourth-order valence-corrected chi connectivity index (χ4v) is 2.57. The van der Waals surface area contributed by atoms with Crippen LogP contribution in [0.15, 0.2) is 4.52 Å². The number of aliphatic carboxylic acids is 1. The molecule has 2 rings (SSSR count). The maximum atomic E-state index is 11.4. The summed E-state index contributed by atoms with van der Waals surface area (Å²) in [6, 6.07) is 0. The summed E-state index contributed by atoms with van der Waals surface area (Å²) in [6.07, 6.45) is 2.30. The van der Waals surface area contributed by atoms with Crippen LogP contribution in [-0.4, -0.2) is 39.2 Å². The van der Waals surface area contributed by atoms with Crippen LogP contribution in [-0.2, 0) is 11.3 Å². The van der Waals surface area contributed by atoms with Gasteiger partial charge in [-0.05, 0) is 32.7 Å². The Labute approximate surface area is 106 Å². The van der Waals surface area contributed by atoms with Gasteiger partial charge in [-0.1, -0.05) is 12.1 Å². The van der Waals surface area contributed by atoms with Gasteiger partial charge in [-0.2, -0.15) is 4.98 Å². The monoisotopic (exact) mass is 253 g/mol. The zero-order valence-electron chi connectivity index (χ0n) is 10.8. The number of rotatable bonds is 4. The molecule has 2 heterocycles. The molecule has 6 heteroatoms. The van der Waals surface area contributed by atoms with Crippen LogP contribution in [0.1, 0.15) is 37.9 Å². The van der Waals surface area contributed by atoms with Crippen molar-refractivity contribution in [1.29, 1.82) is 0 Å². The van der Waals surface area contributed by atoms with E-state index < -0.39 is 11.4 Å². The van der Waals surface area contributed by atoms with Gasteiger partial charge in [0.15, 0.2) is 5.82 Å². The van der Waals surface area contributed by atoms with Crippen molar-refractivity contribution in [2.75, 3.05) is 13.1 Å². The summed E-state index contributed by atoms with van der Waals surface area (Å²) in [4.78, 5) is 17.7. The molecule has 1 aliphatic heterocycles. The smallest absolute Gasteiger partial charge is 0.310 e. The van der Waals surface area contributed by atoms with Gasteiger partial charge in [-0.3, -0.25) is 9.69 Å². The maximum absolute atomic E-state index is 11.4. The van der Waals surface area contributed by atoms with E-state index in [4.69, 9.17) is 4.52 Å². The molecule has 1 aromatic rings. The molecule has 6 nitrogen and oxygen atoms in total. The van der Waals surface area contributed by atoms with Crippen LogP contribution < -0.4 is 0 Å². The largest absolute Gasteiger partial charge is 0.481 e. The minimum Gasteiger partial charge on any atom is -0.481 e. The second-order valence-corrected chi connectivity index (χ2v) is 4.99. The topological polar surface area (TPSA) is 79.5 Å². The Bertz CT molecular complexity index is 432. The molecule has 0 amide bonds. The van der Waals surface area contributed by atoms with E-state index in [1.165, 1.54) is 0 Å². The molecular weight excluding hydrogens is 234 g/mol. The van der Waals surface area contributed by atoms with Crippen molar-refractivity contribution < 1.29 is 14.4 Å². The lowest BCUT2D eigenvalue weighted by molar-refractivity contribution is -0.153. The number of carbonyl (C=O) groups is 1. The van der Waals surface area contributed by atoms with E-state index in [9.17, 15) is 9.90 Å². The lowest BCUT2D eigenvalue weighted by Gasteiger charge is -2.38. The number of likely N-dealkylation sites (tertiary alicyclic amines) is 1. The normalized spacial score (nSPS) is 25.2. The molecule has 1 fully saturated rings. The Kier molecular flexibility index (Phi) is 3.65. The SMILES string of the molecule is CCC1(C(=O)O)CCCN(Cc2nc(C)no2)C1. The summed E-state index contributed by atoms with van der Waals surface area (Å²) in [7, 11) is 0. The molecular formula is C12H19N3O3. The highest BCUT2D eigenvalue weighted by Gasteiger charge is 2.40. The molecule has 1 unspecified atom stereocenters. The standard InChI is InChI=1S/C12H19N3O3/c1-3-12(11(16)17)5-4-6-15(8-12)7-10-13-9(2)14-18-10/h3-8H2,1-2H3,(H,16,17). The Hall–Kier alpha value is -1.43. The highest BCUT2D eigenvalue weighted by Crippen LogP contribution is 2.34. The third-order valence-corrected chi connectivity index (χ3v) is 3.71. The predicted molar refractivity (Wildman–Crippen MR) is 63.9 cm³/mol. The van der Waals surface area contributed by atoms with Gasteiger partial charge in [0.2, 0.25) is 5.89 Å². The quantitative estimate of drug-likeness (QED) is 0.875. The van der Waals surface area contributed by atoms with Crippen molar-refractivity contribution in [1.82, 2.24) is 15.0 Å². The fraction of sp³-hybridized carbons (Fsp3) is 0.750. The van der Waals surface area contributed by atoms with E-state index in [-0.39, 0.29) is 0 Å². The van der Waals surface area contributed by atoms with Crippen LogP contribution in [0.5, 0.6) is 0 Å². The Balaban J connectivity index is 2.04. The van der Waals surface area contributed by atoms with Crippen LogP contribution in [0, 0.1) is 12.3 Å². The first-order chi connectivity index (χ1) is 8.55. The molecule has 1 aromatic heterocycles. The van der Waals surface area contributed by atoms with Crippen molar-refractivity contribution in [2.24, 2.45) is 5.41 Å². The predicted octanol–water partition coefficient (Wildman–Crippen LogP) is 1.45. The van der Waals surface area contributed by atoms with Crippen LogP contribution in [0.25, 0.3) is 0 Å².